The Bertz CT molecular complexity index is 380. The molecule has 0 saturated carbocycles. The third-order valence-electron chi connectivity index (χ3n) is 2.37. The topological polar surface area (TPSA) is 59.0 Å². The van der Waals surface area contributed by atoms with Gasteiger partial charge in [-0.05, 0) is 30.9 Å². The number of ether oxygens (including phenoxy) is 1. The summed E-state index contributed by atoms with van der Waals surface area (Å²) in [5, 5.41) is 8.80. The van der Waals surface area contributed by atoms with Gasteiger partial charge in [0.2, 0.25) is 0 Å². The predicted molar refractivity (Wildman–Crippen MR) is 65.1 cm³/mol. The summed E-state index contributed by atoms with van der Waals surface area (Å²) in [7, 11) is 0. The maximum absolute atomic E-state index is 8.80. The Morgan fingerprint density at radius 3 is 2.81 bits per heavy atom. The lowest BCUT2D eigenvalue weighted by Gasteiger charge is -2.10. The normalized spacial score (nSPS) is 10.1. The summed E-state index contributed by atoms with van der Waals surface area (Å²) in [4.78, 5) is 0. The van der Waals surface area contributed by atoms with E-state index in [9.17, 15) is 0 Å². The maximum Gasteiger partial charge on any atom is 0.143 e. The molecule has 0 amide bonds. The van der Waals surface area contributed by atoms with Gasteiger partial charge in [-0.3, -0.25) is 0 Å². The first-order valence-electron chi connectivity index (χ1n) is 5.56. The SMILES string of the molecule is CC(C)CCCOc1cccc(C#N)c1N. The van der Waals surface area contributed by atoms with Crippen LogP contribution in [0.25, 0.3) is 0 Å². The van der Waals surface area contributed by atoms with Gasteiger partial charge in [0.05, 0.1) is 17.9 Å². The van der Waals surface area contributed by atoms with Crippen molar-refractivity contribution in [3.8, 4) is 11.8 Å². The number of hydrogen-bond acceptors (Lipinski definition) is 3. The molecule has 1 aromatic carbocycles. The standard InChI is InChI=1S/C13H18N2O/c1-10(2)5-4-8-16-12-7-3-6-11(9-14)13(12)15/h3,6-7,10H,4-5,8,15H2,1-2H3. The molecule has 2 N–H and O–H groups in total. The highest BCUT2D eigenvalue weighted by Gasteiger charge is 2.05. The highest BCUT2D eigenvalue weighted by molar-refractivity contribution is 5.62. The molecule has 0 unspecified atom stereocenters. The number of nitrogens with zero attached hydrogens (tertiary/aromatic N) is 1. The Labute approximate surface area is 96.8 Å². The molecule has 1 rings (SSSR count). The van der Waals surface area contributed by atoms with E-state index in [2.05, 4.69) is 13.8 Å². The molecular formula is C13H18N2O. The fourth-order valence-corrected chi connectivity index (χ4v) is 1.44. The van der Waals surface area contributed by atoms with Crippen LogP contribution < -0.4 is 10.5 Å². The van der Waals surface area contributed by atoms with Crippen molar-refractivity contribution in [2.75, 3.05) is 12.3 Å². The molecule has 0 radical (unpaired) electrons. The first kappa shape index (κ1) is 12.4. The molecule has 16 heavy (non-hydrogen) atoms. The van der Waals surface area contributed by atoms with Gasteiger partial charge in [-0.1, -0.05) is 19.9 Å². The molecule has 0 aliphatic carbocycles. The zero-order valence-corrected chi connectivity index (χ0v) is 9.86. The summed E-state index contributed by atoms with van der Waals surface area (Å²) in [6.45, 7) is 5.02. The summed E-state index contributed by atoms with van der Waals surface area (Å²) in [6.07, 6.45) is 2.14. The molecule has 0 saturated heterocycles. The molecule has 0 aliphatic rings. The van der Waals surface area contributed by atoms with Gasteiger partial charge in [0, 0.05) is 0 Å². The first-order valence-corrected chi connectivity index (χ1v) is 5.56. The summed E-state index contributed by atoms with van der Waals surface area (Å²) in [6, 6.07) is 7.31. The summed E-state index contributed by atoms with van der Waals surface area (Å²) in [5.74, 6) is 1.30. The largest absolute Gasteiger partial charge is 0.491 e. The Morgan fingerprint density at radius 2 is 2.19 bits per heavy atom. The van der Waals surface area contributed by atoms with Crippen LogP contribution in [-0.2, 0) is 0 Å². The smallest absolute Gasteiger partial charge is 0.143 e. The predicted octanol–water partition coefficient (Wildman–Crippen LogP) is 2.96. The van der Waals surface area contributed by atoms with Crippen LogP contribution in [0.2, 0.25) is 0 Å². The molecule has 3 nitrogen and oxygen atoms in total. The highest BCUT2D eigenvalue weighted by Crippen LogP contribution is 2.24. The van der Waals surface area contributed by atoms with Crippen LogP contribution >= 0.6 is 0 Å². The summed E-state index contributed by atoms with van der Waals surface area (Å²) < 4.78 is 5.55. The van der Waals surface area contributed by atoms with Gasteiger partial charge >= 0.3 is 0 Å². The Kier molecular flexibility index (Phi) is 4.65. The van der Waals surface area contributed by atoms with Crippen molar-refractivity contribution in [2.45, 2.75) is 26.7 Å². The van der Waals surface area contributed by atoms with Gasteiger partial charge in [-0.25, -0.2) is 0 Å². The minimum Gasteiger partial charge on any atom is -0.491 e. The average molecular weight is 218 g/mol. The first-order chi connectivity index (χ1) is 7.65. The molecule has 3 heteroatoms. The number of anilines is 1. The van der Waals surface area contributed by atoms with E-state index in [0.29, 0.717) is 29.5 Å². The third-order valence-corrected chi connectivity index (χ3v) is 2.37. The van der Waals surface area contributed by atoms with Gasteiger partial charge in [0.15, 0.2) is 0 Å². The van der Waals surface area contributed by atoms with E-state index in [1.807, 2.05) is 6.07 Å². The summed E-state index contributed by atoms with van der Waals surface area (Å²) >= 11 is 0. The van der Waals surface area contributed by atoms with Gasteiger partial charge in [-0.15, -0.1) is 0 Å². The summed E-state index contributed by atoms with van der Waals surface area (Å²) in [5.41, 5.74) is 6.70. The molecule has 0 fully saturated rings. The van der Waals surface area contributed by atoms with Gasteiger partial charge in [0.1, 0.15) is 11.8 Å². The van der Waals surface area contributed by atoms with Crippen LogP contribution in [0, 0.1) is 17.2 Å². The second-order valence-corrected chi connectivity index (χ2v) is 4.21. The van der Waals surface area contributed by atoms with Crippen LogP contribution in [-0.4, -0.2) is 6.61 Å². The van der Waals surface area contributed by atoms with Crippen molar-refractivity contribution in [1.82, 2.24) is 0 Å². The van der Waals surface area contributed by atoms with Crippen molar-refractivity contribution in [3.05, 3.63) is 23.8 Å². The fourth-order valence-electron chi connectivity index (χ4n) is 1.44. The van der Waals surface area contributed by atoms with Crippen LogP contribution in [0.5, 0.6) is 5.75 Å². The number of nitrogen functional groups attached to an aromatic ring is 1. The molecular weight excluding hydrogens is 200 g/mol. The molecule has 0 bridgehead atoms. The zero-order valence-electron chi connectivity index (χ0n) is 9.86. The fraction of sp³-hybridized carbons (Fsp3) is 0.462. The molecule has 86 valence electrons. The van der Waals surface area contributed by atoms with Crippen molar-refractivity contribution in [3.63, 3.8) is 0 Å². The molecule has 0 aromatic heterocycles. The number of nitrogens with two attached hydrogens (primary N) is 1. The second-order valence-electron chi connectivity index (χ2n) is 4.21. The van der Waals surface area contributed by atoms with Crippen LogP contribution in [0.15, 0.2) is 18.2 Å². The number of hydrogen-bond donors (Lipinski definition) is 1. The lowest BCUT2D eigenvalue weighted by atomic mass is 10.1. The Balaban J connectivity index is 2.52. The van der Waals surface area contributed by atoms with Gasteiger partial charge < -0.3 is 10.5 Å². The second kappa shape index (κ2) is 6.02. The van der Waals surface area contributed by atoms with Crippen molar-refractivity contribution in [2.24, 2.45) is 5.92 Å². The van der Waals surface area contributed by atoms with Gasteiger partial charge in [-0.2, -0.15) is 5.26 Å². The van der Waals surface area contributed by atoms with Crippen LogP contribution in [0.1, 0.15) is 32.3 Å². The van der Waals surface area contributed by atoms with E-state index in [0.717, 1.165) is 12.8 Å². The third kappa shape index (κ3) is 3.47. The van der Waals surface area contributed by atoms with E-state index >= 15 is 0 Å². The molecule has 0 atom stereocenters. The maximum atomic E-state index is 8.80. The quantitative estimate of drug-likeness (QED) is 0.610. The monoisotopic (exact) mass is 218 g/mol. The van der Waals surface area contributed by atoms with Crippen molar-refractivity contribution < 1.29 is 4.74 Å². The minimum atomic E-state index is 0.439. The van der Waals surface area contributed by atoms with Gasteiger partial charge in [0.25, 0.3) is 0 Å². The molecule has 0 heterocycles. The Morgan fingerprint density at radius 1 is 1.44 bits per heavy atom. The molecule has 0 spiro atoms. The number of nitriles is 1. The highest BCUT2D eigenvalue weighted by atomic mass is 16.5. The Hall–Kier alpha value is -1.69. The van der Waals surface area contributed by atoms with Crippen molar-refractivity contribution >= 4 is 5.69 Å². The van der Waals surface area contributed by atoms with E-state index in [1.54, 1.807) is 18.2 Å². The molecule has 1 aromatic rings. The van der Waals surface area contributed by atoms with E-state index in [-0.39, 0.29) is 0 Å². The van der Waals surface area contributed by atoms with Crippen molar-refractivity contribution in [1.29, 1.82) is 5.26 Å². The lowest BCUT2D eigenvalue weighted by molar-refractivity contribution is 0.299. The van der Waals surface area contributed by atoms with Crippen LogP contribution in [0.4, 0.5) is 5.69 Å². The minimum absolute atomic E-state index is 0.439. The van der Waals surface area contributed by atoms with Crippen LogP contribution in [0.3, 0.4) is 0 Å². The van der Waals surface area contributed by atoms with E-state index < -0.39 is 0 Å². The van der Waals surface area contributed by atoms with E-state index in [4.69, 9.17) is 15.7 Å². The average Bonchev–Trinajstić information content (AvgIpc) is 2.26. The lowest BCUT2D eigenvalue weighted by Crippen LogP contribution is -2.02. The number of rotatable bonds is 5. The number of para-hydroxylation sites is 1. The molecule has 0 aliphatic heterocycles. The van der Waals surface area contributed by atoms with E-state index in [1.165, 1.54) is 0 Å². The number of benzene rings is 1. The zero-order chi connectivity index (χ0) is 12.0.